The van der Waals surface area contributed by atoms with Gasteiger partial charge in [-0.05, 0) is 12.1 Å². The third-order valence-electron chi connectivity index (χ3n) is 3.63. The maximum atomic E-state index is 12.8. The fourth-order valence-corrected chi connectivity index (χ4v) is 2.44. The van der Waals surface area contributed by atoms with Gasteiger partial charge in [-0.3, -0.25) is 19.2 Å². The Labute approximate surface area is 157 Å². The third kappa shape index (κ3) is 5.36. The van der Waals surface area contributed by atoms with Crippen LogP contribution in [0.5, 0.6) is 5.75 Å². The lowest BCUT2D eigenvalue weighted by Gasteiger charge is -2.27. The van der Waals surface area contributed by atoms with Gasteiger partial charge in [-0.25, -0.2) is 0 Å². The first kappa shape index (κ1) is 21.0. The molecule has 0 saturated carbocycles. The van der Waals surface area contributed by atoms with Gasteiger partial charge in [-0.1, -0.05) is 0 Å². The van der Waals surface area contributed by atoms with Crippen LogP contribution < -0.4 is 26.0 Å². The molecule has 0 bridgehead atoms. The number of nitrogens with two attached hydrogens (primary N) is 1. The number of anilines is 2. The van der Waals surface area contributed by atoms with Gasteiger partial charge in [0.25, 0.3) is 11.8 Å². The van der Waals surface area contributed by atoms with E-state index >= 15 is 0 Å². The van der Waals surface area contributed by atoms with Gasteiger partial charge in [-0.2, -0.15) is 8.78 Å². The lowest BCUT2D eigenvalue weighted by Crippen LogP contribution is -2.51. The number of carbonyl (C=O) groups excluding carboxylic acids is 4. The number of alkyl halides is 2. The number of benzene rings is 1. The Hall–Kier alpha value is -3.28. The van der Waals surface area contributed by atoms with Crippen LogP contribution in [0.2, 0.25) is 0 Å². The summed E-state index contributed by atoms with van der Waals surface area (Å²) in [7, 11) is 0. The van der Waals surface area contributed by atoms with E-state index in [4.69, 9.17) is 10.5 Å². The Morgan fingerprint density at radius 3 is 2.61 bits per heavy atom. The predicted molar refractivity (Wildman–Crippen MR) is 91.7 cm³/mol. The summed E-state index contributed by atoms with van der Waals surface area (Å²) in [6.07, 6.45) is 0. The third-order valence-corrected chi connectivity index (χ3v) is 3.63. The molecule has 0 aliphatic carbocycles. The number of primary amides is 1. The number of hydrogen-bond acceptors (Lipinski definition) is 6. The summed E-state index contributed by atoms with van der Waals surface area (Å²) in [5, 5.41) is 4.25. The van der Waals surface area contributed by atoms with Crippen molar-refractivity contribution in [3.05, 3.63) is 18.2 Å². The van der Waals surface area contributed by atoms with Crippen molar-refractivity contribution in [3.63, 3.8) is 0 Å². The summed E-state index contributed by atoms with van der Waals surface area (Å²) in [5.41, 5.74) is 5.13. The largest absolute Gasteiger partial charge is 0.433 e. The number of nitrogens with zero attached hydrogens (tertiary/aromatic N) is 1. The molecule has 4 N–H and O–H groups in total. The molecule has 0 aromatic heterocycles. The van der Waals surface area contributed by atoms with E-state index in [9.17, 15) is 28.0 Å². The summed E-state index contributed by atoms with van der Waals surface area (Å²) in [4.78, 5) is 47.9. The summed E-state index contributed by atoms with van der Waals surface area (Å²) in [6, 6.07) is 2.05. The van der Waals surface area contributed by atoms with Crippen LogP contribution >= 0.6 is 0 Å². The Bertz CT molecular complexity index is 788. The molecule has 2 rings (SSSR count). The number of ether oxygens (including phenoxy) is 2. The van der Waals surface area contributed by atoms with Crippen molar-refractivity contribution in [2.24, 2.45) is 5.73 Å². The number of carbonyl (C=O) groups is 4. The number of nitrogens with one attached hydrogen (secondary N) is 2. The normalized spacial score (nSPS) is 15.1. The molecule has 1 aromatic rings. The van der Waals surface area contributed by atoms with Crippen molar-refractivity contribution >= 4 is 35.0 Å². The van der Waals surface area contributed by atoms with Crippen LogP contribution in [0.4, 0.5) is 20.2 Å². The molecule has 4 amide bonds. The molecule has 1 fully saturated rings. The molecule has 1 atom stereocenters. The predicted octanol–water partition coefficient (Wildman–Crippen LogP) is -0.420. The molecule has 0 spiro atoms. The van der Waals surface area contributed by atoms with E-state index in [0.717, 1.165) is 13.0 Å². The summed E-state index contributed by atoms with van der Waals surface area (Å²) < 4.78 is 35.0. The SMILES string of the molecule is CC(=O)N[C@H](C(N)=O)C(=O)Nc1ccc(N2CCOCC2=O)cc1OC(F)F. The van der Waals surface area contributed by atoms with E-state index < -0.39 is 36.1 Å². The first-order chi connectivity index (χ1) is 13.2. The monoisotopic (exact) mass is 400 g/mol. The smallest absolute Gasteiger partial charge is 0.387 e. The number of halogens is 2. The molecule has 12 heteroatoms. The molecule has 10 nitrogen and oxygen atoms in total. The molecule has 1 aromatic carbocycles. The van der Waals surface area contributed by atoms with E-state index in [2.05, 4.69) is 10.1 Å². The second-order valence-electron chi connectivity index (χ2n) is 5.68. The van der Waals surface area contributed by atoms with Gasteiger partial charge in [0, 0.05) is 25.2 Å². The van der Waals surface area contributed by atoms with Crippen LogP contribution in [0.3, 0.4) is 0 Å². The number of morpholine rings is 1. The van der Waals surface area contributed by atoms with Crippen molar-refractivity contribution in [1.29, 1.82) is 0 Å². The van der Waals surface area contributed by atoms with Crippen LogP contribution in [-0.4, -0.2) is 56.0 Å². The second-order valence-corrected chi connectivity index (χ2v) is 5.68. The van der Waals surface area contributed by atoms with E-state index in [1.165, 1.54) is 17.0 Å². The van der Waals surface area contributed by atoms with Gasteiger partial charge in [-0.15, -0.1) is 0 Å². The average molecular weight is 400 g/mol. The number of amides is 4. The van der Waals surface area contributed by atoms with Crippen LogP contribution in [0.1, 0.15) is 6.92 Å². The molecule has 0 unspecified atom stereocenters. The van der Waals surface area contributed by atoms with Crippen molar-refractivity contribution in [3.8, 4) is 5.75 Å². The lowest BCUT2D eigenvalue weighted by molar-refractivity contribution is -0.132. The summed E-state index contributed by atoms with van der Waals surface area (Å²) in [6.45, 7) is -1.81. The van der Waals surface area contributed by atoms with E-state index in [1.54, 1.807) is 0 Å². The average Bonchev–Trinajstić information content (AvgIpc) is 2.60. The zero-order valence-corrected chi connectivity index (χ0v) is 14.7. The van der Waals surface area contributed by atoms with Crippen molar-refractivity contribution < 1.29 is 37.4 Å². The first-order valence-electron chi connectivity index (χ1n) is 8.03. The Balaban J connectivity index is 2.29. The first-order valence-corrected chi connectivity index (χ1v) is 8.03. The number of hydrogen-bond donors (Lipinski definition) is 3. The van der Waals surface area contributed by atoms with Crippen LogP contribution in [0.15, 0.2) is 18.2 Å². The quantitative estimate of drug-likeness (QED) is 0.531. The van der Waals surface area contributed by atoms with Gasteiger partial charge in [0.05, 0.1) is 12.3 Å². The van der Waals surface area contributed by atoms with Gasteiger partial charge in [0.2, 0.25) is 11.8 Å². The molecule has 28 heavy (non-hydrogen) atoms. The molecule has 152 valence electrons. The van der Waals surface area contributed by atoms with E-state index in [-0.39, 0.29) is 37.0 Å². The Kier molecular flexibility index (Phi) is 6.82. The van der Waals surface area contributed by atoms with Crippen LogP contribution in [0, 0.1) is 0 Å². The fraction of sp³-hybridized carbons (Fsp3) is 0.375. The standard InChI is InChI=1S/C16H18F2N4O6/c1-8(23)20-13(14(19)25)15(26)21-10-3-2-9(6-11(10)28-16(17)18)22-4-5-27-7-12(22)24/h2-3,6,13,16H,4-5,7H2,1H3,(H2,19,25)(H,20,23)(H,21,26)/t13-/m1/s1. The lowest BCUT2D eigenvalue weighted by atomic mass is 10.2. The highest BCUT2D eigenvalue weighted by atomic mass is 19.3. The van der Waals surface area contributed by atoms with Gasteiger partial charge >= 0.3 is 6.61 Å². The van der Waals surface area contributed by atoms with Crippen molar-refractivity contribution in [1.82, 2.24) is 5.32 Å². The zero-order chi connectivity index (χ0) is 20.8. The summed E-state index contributed by atoms with van der Waals surface area (Å²) in [5.74, 6) is -3.68. The molecule has 1 aliphatic heterocycles. The van der Waals surface area contributed by atoms with Crippen LogP contribution in [-0.2, 0) is 23.9 Å². The molecule has 1 saturated heterocycles. The van der Waals surface area contributed by atoms with Crippen molar-refractivity contribution in [2.45, 2.75) is 19.6 Å². The molecular formula is C16H18F2N4O6. The minimum absolute atomic E-state index is 0.152. The zero-order valence-electron chi connectivity index (χ0n) is 14.7. The minimum Gasteiger partial charge on any atom is -0.433 e. The van der Waals surface area contributed by atoms with Gasteiger partial charge in [0.1, 0.15) is 6.61 Å². The van der Waals surface area contributed by atoms with E-state index in [1.807, 2.05) is 5.32 Å². The topological polar surface area (TPSA) is 140 Å². The molecule has 1 aliphatic rings. The van der Waals surface area contributed by atoms with E-state index in [0.29, 0.717) is 0 Å². The fourth-order valence-electron chi connectivity index (χ4n) is 2.44. The maximum absolute atomic E-state index is 12.8. The van der Waals surface area contributed by atoms with Crippen LogP contribution in [0.25, 0.3) is 0 Å². The Morgan fingerprint density at radius 2 is 2.04 bits per heavy atom. The van der Waals surface area contributed by atoms with Gasteiger partial charge in [0.15, 0.2) is 11.8 Å². The molecular weight excluding hydrogens is 382 g/mol. The highest BCUT2D eigenvalue weighted by molar-refractivity contribution is 6.11. The highest BCUT2D eigenvalue weighted by Crippen LogP contribution is 2.32. The molecule has 0 radical (unpaired) electrons. The number of rotatable bonds is 7. The maximum Gasteiger partial charge on any atom is 0.387 e. The highest BCUT2D eigenvalue weighted by Gasteiger charge is 2.27. The van der Waals surface area contributed by atoms with Crippen molar-refractivity contribution in [2.75, 3.05) is 30.0 Å². The molecule has 1 heterocycles. The Morgan fingerprint density at radius 1 is 1.32 bits per heavy atom. The van der Waals surface area contributed by atoms with Gasteiger partial charge < -0.3 is 30.7 Å². The minimum atomic E-state index is -3.21. The second kappa shape index (κ2) is 9.08. The summed E-state index contributed by atoms with van der Waals surface area (Å²) >= 11 is 0.